The summed E-state index contributed by atoms with van der Waals surface area (Å²) < 4.78 is 6.59. The minimum atomic E-state index is 0.862. The molecule has 0 unspecified atom stereocenters. The van der Waals surface area contributed by atoms with Gasteiger partial charge in [0.1, 0.15) is 0 Å². The molecular formula is C14H19N3OS. The van der Waals surface area contributed by atoms with Crippen LogP contribution in [-0.4, -0.2) is 49.3 Å². The van der Waals surface area contributed by atoms with Gasteiger partial charge in [0.05, 0.1) is 23.4 Å². The molecule has 2 heterocycles. The second-order valence-corrected chi connectivity index (χ2v) is 5.90. The number of fused-ring (bicyclic) bond motifs is 1. The average molecular weight is 277 g/mol. The van der Waals surface area contributed by atoms with Crippen LogP contribution in [0.2, 0.25) is 0 Å². The van der Waals surface area contributed by atoms with E-state index in [0.29, 0.717) is 0 Å². The molecule has 0 amide bonds. The molecule has 0 saturated carbocycles. The maximum Gasteiger partial charge on any atom is 0.183 e. The molecule has 1 aliphatic rings. The number of rotatable bonds is 4. The number of hydrogen-bond donors (Lipinski definition) is 1. The van der Waals surface area contributed by atoms with Crippen LogP contribution in [0.15, 0.2) is 18.2 Å². The molecule has 102 valence electrons. The molecule has 2 aromatic rings. The molecule has 1 aliphatic heterocycles. The number of benzene rings is 1. The summed E-state index contributed by atoms with van der Waals surface area (Å²) >= 11 is 1.73. The van der Waals surface area contributed by atoms with Crippen LogP contribution in [0.25, 0.3) is 10.2 Å². The topological polar surface area (TPSA) is 37.4 Å². The average Bonchev–Trinajstić information content (AvgIpc) is 2.82. The first-order valence-corrected chi connectivity index (χ1v) is 7.54. The zero-order valence-corrected chi connectivity index (χ0v) is 12.0. The Morgan fingerprint density at radius 2 is 2.21 bits per heavy atom. The molecule has 19 heavy (non-hydrogen) atoms. The minimum absolute atomic E-state index is 0.862. The van der Waals surface area contributed by atoms with E-state index >= 15 is 0 Å². The second-order valence-electron chi connectivity index (χ2n) is 4.87. The Balaban J connectivity index is 1.56. The van der Waals surface area contributed by atoms with Crippen LogP contribution in [0, 0.1) is 6.92 Å². The SMILES string of the molecule is Cc1ccc2sc(NCCN3CCOCC3)nc2c1. The molecule has 1 aromatic carbocycles. The summed E-state index contributed by atoms with van der Waals surface area (Å²) in [5.74, 6) is 0. The molecule has 1 saturated heterocycles. The molecule has 0 spiro atoms. The Bertz CT molecular complexity index is 549. The minimum Gasteiger partial charge on any atom is -0.379 e. The fourth-order valence-corrected chi connectivity index (χ4v) is 3.13. The van der Waals surface area contributed by atoms with Gasteiger partial charge in [-0.3, -0.25) is 4.90 Å². The third kappa shape index (κ3) is 3.23. The molecule has 4 nitrogen and oxygen atoms in total. The predicted molar refractivity (Wildman–Crippen MR) is 80.1 cm³/mol. The number of anilines is 1. The van der Waals surface area contributed by atoms with Gasteiger partial charge in [0, 0.05) is 26.2 Å². The number of nitrogens with zero attached hydrogens (tertiary/aromatic N) is 2. The van der Waals surface area contributed by atoms with Crippen molar-refractivity contribution in [3.63, 3.8) is 0 Å². The van der Waals surface area contributed by atoms with E-state index in [0.717, 1.165) is 50.0 Å². The van der Waals surface area contributed by atoms with Crippen LogP contribution >= 0.6 is 11.3 Å². The summed E-state index contributed by atoms with van der Waals surface area (Å²) in [5, 5.41) is 4.45. The summed E-state index contributed by atoms with van der Waals surface area (Å²) in [6.07, 6.45) is 0. The summed E-state index contributed by atoms with van der Waals surface area (Å²) in [7, 11) is 0. The first-order chi connectivity index (χ1) is 9.31. The first kappa shape index (κ1) is 12.8. The van der Waals surface area contributed by atoms with Gasteiger partial charge < -0.3 is 10.1 Å². The van der Waals surface area contributed by atoms with Gasteiger partial charge in [-0.15, -0.1) is 0 Å². The second kappa shape index (κ2) is 5.86. The predicted octanol–water partition coefficient (Wildman–Crippen LogP) is 2.35. The molecular weight excluding hydrogens is 258 g/mol. The zero-order valence-electron chi connectivity index (χ0n) is 11.2. The van der Waals surface area contributed by atoms with Gasteiger partial charge in [-0.05, 0) is 24.6 Å². The highest BCUT2D eigenvalue weighted by molar-refractivity contribution is 7.22. The molecule has 0 aliphatic carbocycles. The lowest BCUT2D eigenvalue weighted by Gasteiger charge is -2.26. The highest BCUT2D eigenvalue weighted by atomic mass is 32.1. The number of ether oxygens (including phenoxy) is 1. The van der Waals surface area contributed by atoms with Crippen molar-refractivity contribution in [3.8, 4) is 0 Å². The number of morpholine rings is 1. The van der Waals surface area contributed by atoms with E-state index in [1.54, 1.807) is 11.3 Å². The van der Waals surface area contributed by atoms with E-state index in [-0.39, 0.29) is 0 Å². The Morgan fingerprint density at radius 1 is 1.37 bits per heavy atom. The largest absolute Gasteiger partial charge is 0.379 e. The lowest BCUT2D eigenvalue weighted by molar-refractivity contribution is 0.0398. The van der Waals surface area contributed by atoms with Crippen molar-refractivity contribution in [1.82, 2.24) is 9.88 Å². The van der Waals surface area contributed by atoms with Crippen LogP contribution in [-0.2, 0) is 4.74 Å². The molecule has 0 radical (unpaired) electrons. The number of aromatic nitrogens is 1. The van der Waals surface area contributed by atoms with Gasteiger partial charge in [0.25, 0.3) is 0 Å². The van der Waals surface area contributed by atoms with Crippen molar-refractivity contribution < 1.29 is 4.74 Å². The van der Waals surface area contributed by atoms with E-state index in [9.17, 15) is 0 Å². The quantitative estimate of drug-likeness (QED) is 0.931. The Hall–Kier alpha value is -1.17. The van der Waals surface area contributed by atoms with Crippen LogP contribution in [0.5, 0.6) is 0 Å². The lowest BCUT2D eigenvalue weighted by Crippen LogP contribution is -2.38. The van der Waals surface area contributed by atoms with Gasteiger partial charge in [0.15, 0.2) is 5.13 Å². The lowest BCUT2D eigenvalue weighted by atomic mass is 10.2. The van der Waals surface area contributed by atoms with Crippen molar-refractivity contribution in [2.24, 2.45) is 0 Å². The standard InChI is InChI=1S/C14H19N3OS/c1-11-2-3-13-12(10-11)16-14(19-13)15-4-5-17-6-8-18-9-7-17/h2-3,10H,4-9H2,1H3,(H,15,16). The highest BCUT2D eigenvalue weighted by Gasteiger charge is 2.10. The molecule has 3 rings (SSSR count). The van der Waals surface area contributed by atoms with Crippen molar-refractivity contribution in [1.29, 1.82) is 0 Å². The van der Waals surface area contributed by atoms with Crippen molar-refractivity contribution in [3.05, 3.63) is 23.8 Å². The van der Waals surface area contributed by atoms with Crippen molar-refractivity contribution in [2.45, 2.75) is 6.92 Å². The molecule has 0 atom stereocenters. The maximum atomic E-state index is 5.34. The Morgan fingerprint density at radius 3 is 3.05 bits per heavy atom. The fourth-order valence-electron chi connectivity index (χ4n) is 2.26. The van der Waals surface area contributed by atoms with E-state index in [4.69, 9.17) is 4.74 Å². The first-order valence-electron chi connectivity index (χ1n) is 6.72. The number of hydrogen-bond acceptors (Lipinski definition) is 5. The molecule has 5 heteroatoms. The molecule has 1 fully saturated rings. The van der Waals surface area contributed by atoms with E-state index in [2.05, 4.69) is 40.3 Å². The van der Waals surface area contributed by atoms with Crippen molar-refractivity contribution in [2.75, 3.05) is 44.7 Å². The Kier molecular flexibility index (Phi) is 3.96. The number of thiazole rings is 1. The fraction of sp³-hybridized carbons (Fsp3) is 0.500. The third-order valence-electron chi connectivity index (χ3n) is 3.35. The van der Waals surface area contributed by atoms with Crippen LogP contribution in [0.4, 0.5) is 5.13 Å². The third-order valence-corrected chi connectivity index (χ3v) is 4.35. The van der Waals surface area contributed by atoms with E-state index in [1.807, 2.05) is 0 Å². The highest BCUT2D eigenvalue weighted by Crippen LogP contribution is 2.26. The van der Waals surface area contributed by atoms with Crippen molar-refractivity contribution >= 4 is 26.7 Å². The smallest absolute Gasteiger partial charge is 0.183 e. The van der Waals surface area contributed by atoms with Crippen LogP contribution in [0.3, 0.4) is 0 Å². The molecule has 1 N–H and O–H groups in total. The Labute approximate surface area is 117 Å². The van der Waals surface area contributed by atoms with E-state index in [1.165, 1.54) is 10.3 Å². The monoisotopic (exact) mass is 277 g/mol. The number of nitrogens with one attached hydrogen (secondary N) is 1. The summed E-state index contributed by atoms with van der Waals surface area (Å²) in [4.78, 5) is 7.04. The summed E-state index contributed by atoms with van der Waals surface area (Å²) in [6.45, 7) is 7.91. The van der Waals surface area contributed by atoms with Gasteiger partial charge in [-0.1, -0.05) is 17.4 Å². The zero-order chi connectivity index (χ0) is 13.1. The van der Waals surface area contributed by atoms with E-state index < -0.39 is 0 Å². The van der Waals surface area contributed by atoms with Crippen LogP contribution in [0.1, 0.15) is 5.56 Å². The normalized spacial score (nSPS) is 16.9. The van der Waals surface area contributed by atoms with Gasteiger partial charge in [0.2, 0.25) is 0 Å². The number of aryl methyl sites for hydroxylation is 1. The van der Waals surface area contributed by atoms with Gasteiger partial charge in [-0.25, -0.2) is 4.98 Å². The maximum absolute atomic E-state index is 5.34. The van der Waals surface area contributed by atoms with Gasteiger partial charge >= 0.3 is 0 Å². The molecule has 0 bridgehead atoms. The van der Waals surface area contributed by atoms with Gasteiger partial charge in [-0.2, -0.15) is 0 Å². The summed E-state index contributed by atoms with van der Waals surface area (Å²) in [6, 6.07) is 6.42. The molecule has 1 aromatic heterocycles. The van der Waals surface area contributed by atoms with Crippen LogP contribution < -0.4 is 5.32 Å². The summed E-state index contributed by atoms with van der Waals surface area (Å²) in [5.41, 5.74) is 2.36.